The van der Waals surface area contributed by atoms with Crippen LogP contribution in [-0.4, -0.2) is 22.8 Å². The first-order valence-corrected chi connectivity index (χ1v) is 11.6. The molecule has 0 spiro atoms. The molecule has 2 aromatic heterocycles. The summed E-state index contributed by atoms with van der Waals surface area (Å²) in [6, 6.07) is 6.27. The van der Waals surface area contributed by atoms with Crippen molar-refractivity contribution < 1.29 is 4.74 Å². The third-order valence-corrected chi connectivity index (χ3v) is 5.84. The Bertz CT molecular complexity index is 868. The van der Waals surface area contributed by atoms with Gasteiger partial charge in [0.25, 0.3) is 0 Å². The van der Waals surface area contributed by atoms with Crippen LogP contribution in [0.5, 0.6) is 0 Å². The second-order valence-corrected chi connectivity index (χ2v) is 8.28. The lowest BCUT2D eigenvalue weighted by Gasteiger charge is -2.02. The number of aromatic amines is 2. The van der Waals surface area contributed by atoms with Gasteiger partial charge in [0, 0.05) is 23.7 Å². The molecule has 30 heavy (non-hydrogen) atoms. The number of aromatic nitrogens is 2. The van der Waals surface area contributed by atoms with E-state index in [9.17, 15) is 0 Å². The monoisotopic (exact) mass is 407 g/mol. The maximum absolute atomic E-state index is 5.54. The van der Waals surface area contributed by atoms with E-state index in [1.54, 1.807) is 7.11 Å². The van der Waals surface area contributed by atoms with Gasteiger partial charge in [-0.25, -0.2) is 4.99 Å². The first-order valence-electron chi connectivity index (χ1n) is 11.6. The molecule has 0 fully saturated rings. The van der Waals surface area contributed by atoms with E-state index in [1.807, 2.05) is 24.4 Å². The Morgan fingerprint density at radius 3 is 2.43 bits per heavy atom. The number of methoxy groups -OCH3 is 1. The van der Waals surface area contributed by atoms with E-state index in [2.05, 4.69) is 36.0 Å². The number of aliphatic imine (C=N–C) groups is 1. The lowest BCUT2D eigenvalue weighted by molar-refractivity contribution is 0.303. The van der Waals surface area contributed by atoms with Crippen molar-refractivity contribution in [3.05, 3.63) is 64.6 Å². The molecule has 0 radical (unpaired) electrons. The van der Waals surface area contributed by atoms with Gasteiger partial charge in [0.1, 0.15) is 11.5 Å². The van der Waals surface area contributed by atoms with Crippen molar-refractivity contribution in [1.82, 2.24) is 9.97 Å². The number of nitrogens with one attached hydrogen (secondary N) is 2. The van der Waals surface area contributed by atoms with Gasteiger partial charge >= 0.3 is 0 Å². The standard InChI is InChI=1S/C26H37N3O/c1-4-5-6-7-8-9-10-11-12-14-21-17-22(28-20(21)2)18-25-26(30-3)19-24(29-25)23-15-13-16-27-23/h13,15-19,27-28H,4-12,14H2,1-3H3. The molecule has 0 aliphatic carbocycles. The quantitative estimate of drug-likeness (QED) is 0.342. The molecule has 0 unspecified atom stereocenters. The molecule has 162 valence electrons. The summed E-state index contributed by atoms with van der Waals surface area (Å²) in [7, 11) is 1.70. The zero-order chi connectivity index (χ0) is 21.2. The summed E-state index contributed by atoms with van der Waals surface area (Å²) >= 11 is 0. The van der Waals surface area contributed by atoms with Gasteiger partial charge in [-0.2, -0.15) is 0 Å². The third-order valence-electron chi connectivity index (χ3n) is 5.84. The van der Waals surface area contributed by atoms with Crippen LogP contribution < -0.4 is 0 Å². The molecule has 0 amide bonds. The van der Waals surface area contributed by atoms with Gasteiger partial charge in [0.2, 0.25) is 0 Å². The number of hydrogen-bond acceptors (Lipinski definition) is 2. The summed E-state index contributed by atoms with van der Waals surface area (Å²) in [4.78, 5) is 11.5. The van der Waals surface area contributed by atoms with E-state index in [4.69, 9.17) is 9.73 Å². The first-order chi connectivity index (χ1) is 14.7. The predicted octanol–water partition coefficient (Wildman–Crippen LogP) is 7.10. The van der Waals surface area contributed by atoms with E-state index in [1.165, 1.54) is 69.0 Å². The molecule has 0 bridgehead atoms. The van der Waals surface area contributed by atoms with Crippen molar-refractivity contribution in [3.63, 3.8) is 0 Å². The Morgan fingerprint density at radius 1 is 1.03 bits per heavy atom. The number of allylic oxidation sites excluding steroid dienone is 1. The van der Waals surface area contributed by atoms with Gasteiger partial charge in [-0.05, 0) is 49.6 Å². The molecule has 2 N–H and O–H groups in total. The Kier molecular flexibility index (Phi) is 8.61. The molecular weight excluding hydrogens is 370 g/mol. The van der Waals surface area contributed by atoms with Crippen LogP contribution in [0.15, 0.2) is 46.9 Å². The van der Waals surface area contributed by atoms with Crippen LogP contribution in [0.2, 0.25) is 0 Å². The first kappa shape index (κ1) is 22.2. The number of H-pyrrole nitrogens is 2. The summed E-state index contributed by atoms with van der Waals surface area (Å²) in [6.07, 6.45) is 19.4. The topological polar surface area (TPSA) is 53.2 Å². The highest BCUT2D eigenvalue weighted by Gasteiger charge is 2.17. The minimum atomic E-state index is 0.798. The van der Waals surface area contributed by atoms with Crippen molar-refractivity contribution in [2.45, 2.75) is 78.1 Å². The molecule has 0 saturated carbocycles. The molecule has 4 nitrogen and oxygen atoms in total. The minimum Gasteiger partial charge on any atom is -0.494 e. The highest BCUT2D eigenvalue weighted by atomic mass is 16.5. The zero-order valence-electron chi connectivity index (χ0n) is 18.9. The van der Waals surface area contributed by atoms with Gasteiger partial charge < -0.3 is 14.7 Å². The van der Waals surface area contributed by atoms with E-state index in [0.29, 0.717) is 0 Å². The van der Waals surface area contributed by atoms with Crippen LogP contribution in [0, 0.1) is 6.92 Å². The van der Waals surface area contributed by atoms with E-state index in [0.717, 1.165) is 35.0 Å². The van der Waals surface area contributed by atoms with Crippen molar-refractivity contribution in [1.29, 1.82) is 0 Å². The van der Waals surface area contributed by atoms with Crippen LogP contribution in [0.4, 0.5) is 0 Å². The largest absolute Gasteiger partial charge is 0.494 e. The number of unbranched alkanes of at least 4 members (excludes halogenated alkanes) is 8. The number of nitrogens with zero attached hydrogens (tertiary/aromatic N) is 1. The smallest absolute Gasteiger partial charge is 0.146 e. The summed E-state index contributed by atoms with van der Waals surface area (Å²) < 4.78 is 5.54. The molecule has 3 rings (SSSR count). The molecule has 2 aromatic rings. The van der Waals surface area contributed by atoms with Gasteiger partial charge in [-0.15, -0.1) is 0 Å². The van der Waals surface area contributed by atoms with Crippen LogP contribution in [0.3, 0.4) is 0 Å². The lowest BCUT2D eigenvalue weighted by atomic mass is 10.0. The number of aryl methyl sites for hydroxylation is 2. The Hall–Kier alpha value is -2.49. The van der Waals surface area contributed by atoms with Crippen molar-refractivity contribution in [3.8, 4) is 0 Å². The molecule has 1 aliphatic heterocycles. The van der Waals surface area contributed by atoms with Gasteiger partial charge in [0.05, 0.1) is 18.5 Å². The Morgan fingerprint density at radius 2 is 1.77 bits per heavy atom. The molecule has 0 aromatic carbocycles. The Balaban J connectivity index is 1.50. The van der Waals surface area contributed by atoms with Crippen LogP contribution in [0.25, 0.3) is 6.08 Å². The second-order valence-electron chi connectivity index (χ2n) is 8.28. The number of hydrogen-bond donors (Lipinski definition) is 2. The molecule has 4 heteroatoms. The maximum Gasteiger partial charge on any atom is 0.146 e. The van der Waals surface area contributed by atoms with Gasteiger partial charge in [0.15, 0.2) is 0 Å². The maximum atomic E-state index is 5.54. The number of rotatable bonds is 13. The van der Waals surface area contributed by atoms with Crippen molar-refractivity contribution in [2.24, 2.45) is 4.99 Å². The average Bonchev–Trinajstić information content (AvgIpc) is 3.47. The predicted molar refractivity (Wildman–Crippen MR) is 127 cm³/mol. The summed E-state index contributed by atoms with van der Waals surface area (Å²) in [5, 5.41) is 0. The fraction of sp³-hybridized carbons (Fsp3) is 0.500. The van der Waals surface area contributed by atoms with Crippen LogP contribution in [0.1, 0.15) is 87.4 Å². The number of ether oxygens (including phenoxy) is 1. The fourth-order valence-electron chi connectivity index (χ4n) is 4.05. The molecule has 1 aliphatic rings. The van der Waals surface area contributed by atoms with Gasteiger partial charge in [-0.1, -0.05) is 58.3 Å². The molecular formula is C26H37N3O. The summed E-state index contributed by atoms with van der Waals surface area (Å²) in [5.41, 5.74) is 6.53. The molecule has 0 saturated heterocycles. The van der Waals surface area contributed by atoms with E-state index in [-0.39, 0.29) is 0 Å². The molecule has 3 heterocycles. The van der Waals surface area contributed by atoms with Crippen molar-refractivity contribution in [2.75, 3.05) is 7.11 Å². The van der Waals surface area contributed by atoms with Crippen LogP contribution >= 0.6 is 0 Å². The zero-order valence-corrected chi connectivity index (χ0v) is 18.9. The SMILES string of the molecule is CCCCCCCCCCCc1cc(C=C2N=C(c3ccc[nH]3)C=C2OC)[nH]c1C. The highest BCUT2D eigenvalue weighted by molar-refractivity contribution is 6.11. The Labute approximate surface area is 181 Å². The second kappa shape index (κ2) is 11.6. The minimum absolute atomic E-state index is 0.798. The van der Waals surface area contributed by atoms with Gasteiger partial charge in [-0.3, -0.25) is 0 Å². The highest BCUT2D eigenvalue weighted by Crippen LogP contribution is 2.25. The molecule has 0 atom stereocenters. The third kappa shape index (κ3) is 6.25. The van der Waals surface area contributed by atoms with E-state index >= 15 is 0 Å². The average molecular weight is 408 g/mol. The fourth-order valence-corrected chi connectivity index (χ4v) is 4.05. The van der Waals surface area contributed by atoms with Crippen molar-refractivity contribution >= 4 is 11.8 Å². The lowest BCUT2D eigenvalue weighted by Crippen LogP contribution is -1.93. The summed E-state index contributed by atoms with van der Waals surface area (Å²) in [5.74, 6) is 0.798. The summed E-state index contributed by atoms with van der Waals surface area (Å²) in [6.45, 7) is 4.44. The van der Waals surface area contributed by atoms with E-state index < -0.39 is 0 Å². The normalized spacial score (nSPS) is 15.0. The van der Waals surface area contributed by atoms with Crippen LogP contribution in [-0.2, 0) is 11.2 Å².